The second-order valence-electron chi connectivity index (χ2n) is 4.95. The SMILES string of the molecule is CCCC(N)Cc1nc2cc3c(cc2[nH]1)OCCO3. The number of hydrogen-bond donors (Lipinski definition) is 2. The van der Waals surface area contributed by atoms with Gasteiger partial charge in [-0.25, -0.2) is 4.98 Å². The third-order valence-corrected chi connectivity index (χ3v) is 3.31. The second-order valence-corrected chi connectivity index (χ2v) is 4.95. The summed E-state index contributed by atoms with van der Waals surface area (Å²) in [6.45, 7) is 3.33. The van der Waals surface area contributed by atoms with E-state index in [-0.39, 0.29) is 6.04 Å². The molecule has 0 bridgehead atoms. The van der Waals surface area contributed by atoms with Crippen LogP contribution in [0, 0.1) is 0 Å². The molecule has 1 atom stereocenters. The normalized spacial score (nSPS) is 15.7. The number of nitrogens with one attached hydrogen (secondary N) is 1. The fourth-order valence-corrected chi connectivity index (χ4v) is 2.42. The van der Waals surface area contributed by atoms with E-state index < -0.39 is 0 Å². The van der Waals surface area contributed by atoms with Crippen molar-refractivity contribution < 1.29 is 9.47 Å². The van der Waals surface area contributed by atoms with Gasteiger partial charge in [-0.1, -0.05) is 13.3 Å². The number of rotatable bonds is 4. The summed E-state index contributed by atoms with van der Waals surface area (Å²) in [5.41, 5.74) is 7.93. The van der Waals surface area contributed by atoms with Gasteiger partial charge >= 0.3 is 0 Å². The molecule has 3 N–H and O–H groups in total. The van der Waals surface area contributed by atoms with Crippen molar-refractivity contribution in [2.24, 2.45) is 5.73 Å². The van der Waals surface area contributed by atoms with E-state index in [1.807, 2.05) is 12.1 Å². The third-order valence-electron chi connectivity index (χ3n) is 3.31. The summed E-state index contributed by atoms with van der Waals surface area (Å²) in [5, 5.41) is 0. The van der Waals surface area contributed by atoms with Crippen LogP contribution in [0.4, 0.5) is 0 Å². The van der Waals surface area contributed by atoms with Crippen LogP contribution in [0.1, 0.15) is 25.6 Å². The molecule has 0 radical (unpaired) electrons. The summed E-state index contributed by atoms with van der Waals surface area (Å²) < 4.78 is 11.1. The molecule has 1 aromatic heterocycles. The molecule has 1 aromatic carbocycles. The van der Waals surface area contributed by atoms with Gasteiger partial charge in [-0.05, 0) is 6.42 Å². The van der Waals surface area contributed by atoms with Crippen LogP contribution < -0.4 is 15.2 Å². The van der Waals surface area contributed by atoms with E-state index in [9.17, 15) is 0 Å². The zero-order valence-electron chi connectivity index (χ0n) is 11.1. The fraction of sp³-hybridized carbons (Fsp3) is 0.500. The number of H-pyrrole nitrogens is 1. The summed E-state index contributed by atoms with van der Waals surface area (Å²) in [7, 11) is 0. The van der Waals surface area contributed by atoms with E-state index in [4.69, 9.17) is 15.2 Å². The molecule has 1 unspecified atom stereocenters. The first-order chi connectivity index (χ1) is 9.26. The maximum atomic E-state index is 6.05. The van der Waals surface area contributed by atoms with Crippen molar-refractivity contribution in [3.63, 3.8) is 0 Å². The molecule has 2 heterocycles. The monoisotopic (exact) mass is 261 g/mol. The Bertz CT molecular complexity index is 536. The van der Waals surface area contributed by atoms with Gasteiger partial charge in [-0.3, -0.25) is 0 Å². The number of aromatic nitrogens is 2. The van der Waals surface area contributed by atoms with Gasteiger partial charge in [0.1, 0.15) is 19.0 Å². The molecule has 1 aliphatic rings. The first-order valence-corrected chi connectivity index (χ1v) is 6.80. The Morgan fingerprint density at radius 2 is 2.05 bits per heavy atom. The average molecular weight is 261 g/mol. The summed E-state index contributed by atoms with van der Waals surface area (Å²) in [6.07, 6.45) is 2.88. The zero-order valence-corrected chi connectivity index (χ0v) is 11.1. The number of nitrogens with zero attached hydrogens (tertiary/aromatic N) is 1. The molecule has 0 saturated heterocycles. The Morgan fingerprint density at radius 1 is 1.32 bits per heavy atom. The molecule has 102 valence electrons. The molecule has 19 heavy (non-hydrogen) atoms. The van der Waals surface area contributed by atoms with Crippen molar-refractivity contribution in [3.05, 3.63) is 18.0 Å². The van der Waals surface area contributed by atoms with Gasteiger partial charge in [0.2, 0.25) is 0 Å². The molecule has 2 aromatic rings. The minimum Gasteiger partial charge on any atom is -0.486 e. The third kappa shape index (κ3) is 2.51. The predicted octanol–water partition coefficient (Wildman–Crippen LogP) is 2.00. The molecule has 5 nitrogen and oxygen atoms in total. The highest BCUT2D eigenvalue weighted by Crippen LogP contribution is 2.33. The molecule has 0 saturated carbocycles. The Hall–Kier alpha value is -1.75. The smallest absolute Gasteiger partial charge is 0.163 e. The number of fused-ring (bicyclic) bond motifs is 2. The van der Waals surface area contributed by atoms with E-state index in [2.05, 4.69) is 16.9 Å². The Balaban J connectivity index is 1.88. The summed E-state index contributed by atoms with van der Waals surface area (Å²) in [4.78, 5) is 7.88. The van der Waals surface area contributed by atoms with Crippen molar-refractivity contribution in [2.45, 2.75) is 32.2 Å². The minimum atomic E-state index is 0.160. The molecule has 0 fully saturated rings. The number of imidazole rings is 1. The molecule has 1 aliphatic heterocycles. The number of hydrogen-bond acceptors (Lipinski definition) is 4. The molecule has 0 aliphatic carbocycles. The van der Waals surface area contributed by atoms with Gasteiger partial charge in [0, 0.05) is 24.6 Å². The highest BCUT2D eigenvalue weighted by atomic mass is 16.6. The molecule has 5 heteroatoms. The number of benzene rings is 1. The van der Waals surface area contributed by atoms with Crippen molar-refractivity contribution in [3.8, 4) is 11.5 Å². The van der Waals surface area contributed by atoms with Crippen molar-refractivity contribution >= 4 is 11.0 Å². The van der Waals surface area contributed by atoms with Gasteiger partial charge in [0.15, 0.2) is 11.5 Å². The van der Waals surface area contributed by atoms with Crippen LogP contribution in [0.5, 0.6) is 11.5 Å². The highest BCUT2D eigenvalue weighted by Gasteiger charge is 2.15. The van der Waals surface area contributed by atoms with Crippen LogP contribution in [0.25, 0.3) is 11.0 Å². The van der Waals surface area contributed by atoms with Gasteiger partial charge in [-0.15, -0.1) is 0 Å². The summed E-state index contributed by atoms with van der Waals surface area (Å²) in [5.74, 6) is 2.49. The lowest BCUT2D eigenvalue weighted by Gasteiger charge is -2.17. The average Bonchev–Trinajstić information content (AvgIpc) is 2.77. The van der Waals surface area contributed by atoms with Crippen LogP contribution in [-0.2, 0) is 6.42 Å². The van der Waals surface area contributed by atoms with Crippen LogP contribution >= 0.6 is 0 Å². The van der Waals surface area contributed by atoms with Crippen LogP contribution in [0.3, 0.4) is 0 Å². The molecular formula is C14H19N3O2. The zero-order chi connectivity index (χ0) is 13.2. The molecule has 0 spiro atoms. The standard InChI is InChI=1S/C14H19N3O2/c1-2-3-9(15)6-14-16-10-7-12-13(8-11(10)17-14)19-5-4-18-12/h7-9H,2-6,15H2,1H3,(H,16,17). The number of ether oxygens (including phenoxy) is 2. The maximum Gasteiger partial charge on any atom is 0.163 e. The Labute approximate surface area is 112 Å². The first-order valence-electron chi connectivity index (χ1n) is 6.80. The highest BCUT2D eigenvalue weighted by molar-refractivity contribution is 5.79. The van der Waals surface area contributed by atoms with Crippen LogP contribution in [0.2, 0.25) is 0 Å². The maximum absolute atomic E-state index is 6.05. The fourth-order valence-electron chi connectivity index (χ4n) is 2.42. The molecular weight excluding hydrogens is 242 g/mol. The second kappa shape index (κ2) is 5.09. The topological polar surface area (TPSA) is 73.2 Å². The Kier molecular flexibility index (Phi) is 3.29. The minimum absolute atomic E-state index is 0.160. The quantitative estimate of drug-likeness (QED) is 0.883. The predicted molar refractivity (Wildman–Crippen MR) is 73.7 cm³/mol. The molecule has 0 amide bonds. The van der Waals surface area contributed by atoms with Gasteiger partial charge in [-0.2, -0.15) is 0 Å². The van der Waals surface area contributed by atoms with Crippen LogP contribution in [0.15, 0.2) is 12.1 Å². The van der Waals surface area contributed by atoms with E-state index >= 15 is 0 Å². The van der Waals surface area contributed by atoms with Gasteiger partial charge < -0.3 is 20.2 Å². The first kappa shape index (κ1) is 12.3. The molecule has 3 rings (SSSR count). The largest absolute Gasteiger partial charge is 0.486 e. The number of aromatic amines is 1. The Morgan fingerprint density at radius 3 is 2.79 bits per heavy atom. The summed E-state index contributed by atoms with van der Waals surface area (Å²) >= 11 is 0. The van der Waals surface area contributed by atoms with Crippen molar-refractivity contribution in [1.82, 2.24) is 9.97 Å². The lowest BCUT2D eigenvalue weighted by Crippen LogP contribution is -2.22. The van der Waals surface area contributed by atoms with E-state index in [1.54, 1.807) is 0 Å². The van der Waals surface area contributed by atoms with E-state index in [0.29, 0.717) is 13.2 Å². The van der Waals surface area contributed by atoms with Crippen molar-refractivity contribution in [2.75, 3.05) is 13.2 Å². The van der Waals surface area contributed by atoms with Gasteiger partial charge in [0.05, 0.1) is 11.0 Å². The van der Waals surface area contributed by atoms with Gasteiger partial charge in [0.25, 0.3) is 0 Å². The lowest BCUT2D eigenvalue weighted by molar-refractivity contribution is 0.172. The van der Waals surface area contributed by atoms with Crippen molar-refractivity contribution in [1.29, 1.82) is 0 Å². The number of nitrogens with two attached hydrogens (primary N) is 1. The summed E-state index contributed by atoms with van der Waals surface area (Å²) in [6, 6.07) is 4.04. The van der Waals surface area contributed by atoms with E-state index in [1.165, 1.54) is 0 Å². The van der Waals surface area contributed by atoms with E-state index in [0.717, 1.165) is 47.6 Å². The lowest BCUT2D eigenvalue weighted by atomic mass is 10.1. The van der Waals surface area contributed by atoms with Crippen LogP contribution in [-0.4, -0.2) is 29.2 Å².